The quantitative estimate of drug-likeness (QED) is 0.257. The molecule has 2 rings (SSSR count). The van der Waals surface area contributed by atoms with E-state index in [0.29, 0.717) is 32.3 Å². The molecule has 1 aliphatic rings. The highest BCUT2D eigenvalue weighted by molar-refractivity contribution is 7.89. The zero-order valence-electron chi connectivity index (χ0n) is 17.5. The van der Waals surface area contributed by atoms with Crippen LogP contribution in [0.1, 0.15) is 18.4 Å². The second-order valence-corrected chi connectivity index (χ2v) is 8.69. The van der Waals surface area contributed by atoms with Crippen LogP contribution in [0.4, 0.5) is 0 Å². The first-order chi connectivity index (χ1) is 14.3. The van der Waals surface area contributed by atoms with E-state index in [-0.39, 0.29) is 23.5 Å². The fraction of sp³-hybridized carbons (Fsp3) is 0.579. The van der Waals surface area contributed by atoms with E-state index >= 15 is 0 Å². The summed E-state index contributed by atoms with van der Waals surface area (Å²) in [6, 6.07) is 6.20. The summed E-state index contributed by atoms with van der Waals surface area (Å²) in [5.74, 6) is 0.413. The van der Waals surface area contributed by atoms with E-state index in [2.05, 4.69) is 15.6 Å². The standard InChI is InChI=1S/C19H31N5O5S/c1-24(2)18(25)13-23-19(21-9-3-10-29-16-8-11-28-14-16)22-12-15-4-6-17(7-5-15)30(20,26)27/h4-7,16H,3,8-14H2,1-2H3,(H2,20,26,27)(H2,21,22,23). The van der Waals surface area contributed by atoms with Crippen molar-refractivity contribution in [2.24, 2.45) is 10.1 Å². The minimum atomic E-state index is -3.72. The Hall–Kier alpha value is -2.21. The predicted molar refractivity (Wildman–Crippen MR) is 113 cm³/mol. The molecule has 0 radical (unpaired) electrons. The van der Waals surface area contributed by atoms with E-state index in [0.717, 1.165) is 25.0 Å². The van der Waals surface area contributed by atoms with Crippen molar-refractivity contribution in [3.8, 4) is 0 Å². The van der Waals surface area contributed by atoms with Crippen LogP contribution < -0.4 is 15.8 Å². The second-order valence-electron chi connectivity index (χ2n) is 7.13. The Labute approximate surface area is 177 Å². The highest BCUT2D eigenvalue weighted by Gasteiger charge is 2.15. The lowest BCUT2D eigenvalue weighted by atomic mass is 10.2. The van der Waals surface area contributed by atoms with Gasteiger partial charge in [-0.3, -0.25) is 4.79 Å². The van der Waals surface area contributed by atoms with Crippen LogP contribution in [0.15, 0.2) is 34.2 Å². The highest BCUT2D eigenvalue weighted by Crippen LogP contribution is 2.10. The Morgan fingerprint density at radius 1 is 1.30 bits per heavy atom. The molecule has 0 saturated carbocycles. The number of nitrogens with zero attached hydrogens (tertiary/aromatic N) is 2. The van der Waals surface area contributed by atoms with E-state index in [1.54, 1.807) is 26.2 Å². The molecule has 1 saturated heterocycles. The molecule has 1 aromatic rings. The van der Waals surface area contributed by atoms with Crippen molar-refractivity contribution in [3.05, 3.63) is 29.8 Å². The summed E-state index contributed by atoms with van der Waals surface area (Å²) in [7, 11) is -0.352. The lowest BCUT2D eigenvalue weighted by Gasteiger charge is -2.15. The molecule has 0 aliphatic carbocycles. The van der Waals surface area contributed by atoms with Gasteiger partial charge in [-0.25, -0.2) is 18.5 Å². The maximum atomic E-state index is 11.9. The first kappa shape index (κ1) is 24.1. The zero-order chi connectivity index (χ0) is 22.0. The van der Waals surface area contributed by atoms with E-state index in [9.17, 15) is 13.2 Å². The van der Waals surface area contributed by atoms with Crippen molar-refractivity contribution in [3.63, 3.8) is 0 Å². The summed E-state index contributed by atoms with van der Waals surface area (Å²) >= 11 is 0. The fourth-order valence-corrected chi connectivity index (χ4v) is 3.14. The van der Waals surface area contributed by atoms with Gasteiger partial charge in [0.25, 0.3) is 0 Å². The van der Waals surface area contributed by atoms with Gasteiger partial charge < -0.3 is 25.0 Å². The Balaban J connectivity index is 1.87. The normalized spacial score (nSPS) is 17.0. The van der Waals surface area contributed by atoms with Gasteiger partial charge in [0.15, 0.2) is 5.96 Å². The van der Waals surface area contributed by atoms with Crippen LogP contribution in [0.5, 0.6) is 0 Å². The number of nitrogens with one attached hydrogen (secondary N) is 2. The number of benzene rings is 1. The molecule has 4 N–H and O–H groups in total. The van der Waals surface area contributed by atoms with E-state index in [4.69, 9.17) is 14.6 Å². The Morgan fingerprint density at radius 3 is 2.63 bits per heavy atom. The summed E-state index contributed by atoms with van der Waals surface area (Å²) in [6.07, 6.45) is 1.88. The number of aliphatic imine (C=N–C) groups is 1. The van der Waals surface area contributed by atoms with E-state index in [1.807, 2.05) is 0 Å². The molecule has 1 amide bonds. The van der Waals surface area contributed by atoms with Crippen LogP contribution in [0.3, 0.4) is 0 Å². The topological polar surface area (TPSA) is 135 Å². The lowest BCUT2D eigenvalue weighted by Crippen LogP contribution is -2.43. The maximum Gasteiger partial charge on any atom is 0.241 e. The summed E-state index contributed by atoms with van der Waals surface area (Å²) in [4.78, 5) is 17.9. The smallest absolute Gasteiger partial charge is 0.241 e. The molecular weight excluding hydrogens is 410 g/mol. The summed E-state index contributed by atoms with van der Waals surface area (Å²) in [6.45, 7) is 3.06. The van der Waals surface area contributed by atoms with E-state index in [1.165, 1.54) is 17.0 Å². The Morgan fingerprint density at radius 2 is 2.03 bits per heavy atom. The molecule has 1 fully saturated rings. The lowest BCUT2D eigenvalue weighted by molar-refractivity contribution is -0.127. The molecule has 1 heterocycles. The van der Waals surface area contributed by atoms with Gasteiger partial charge in [-0.1, -0.05) is 12.1 Å². The molecule has 1 aliphatic heterocycles. The van der Waals surface area contributed by atoms with Crippen LogP contribution in [-0.4, -0.2) is 78.3 Å². The molecule has 1 unspecified atom stereocenters. The van der Waals surface area contributed by atoms with Gasteiger partial charge in [0.2, 0.25) is 15.9 Å². The van der Waals surface area contributed by atoms with Gasteiger partial charge >= 0.3 is 0 Å². The average molecular weight is 442 g/mol. The third-order valence-electron chi connectivity index (χ3n) is 4.43. The molecule has 1 atom stereocenters. The number of primary sulfonamides is 1. The summed E-state index contributed by atoms with van der Waals surface area (Å²) in [5.41, 5.74) is 0.812. The first-order valence-corrected chi connectivity index (χ1v) is 11.3. The number of likely N-dealkylation sites (N-methyl/N-ethyl adjacent to an activating group) is 1. The van der Waals surface area contributed by atoms with Crippen molar-refractivity contribution in [1.82, 2.24) is 15.5 Å². The van der Waals surface area contributed by atoms with Crippen molar-refractivity contribution < 1.29 is 22.7 Å². The molecule has 0 bridgehead atoms. The summed E-state index contributed by atoms with van der Waals surface area (Å²) < 4.78 is 33.7. The van der Waals surface area contributed by atoms with Crippen LogP contribution in [0.2, 0.25) is 0 Å². The molecule has 10 nitrogen and oxygen atoms in total. The van der Waals surface area contributed by atoms with Crippen LogP contribution in [-0.2, 0) is 30.8 Å². The molecule has 168 valence electrons. The third kappa shape index (κ3) is 8.66. The third-order valence-corrected chi connectivity index (χ3v) is 5.36. The number of carbonyl (C=O) groups excluding carboxylic acids is 1. The van der Waals surface area contributed by atoms with Crippen molar-refractivity contribution in [2.45, 2.75) is 30.4 Å². The molecule has 0 aromatic heterocycles. The van der Waals surface area contributed by atoms with Crippen LogP contribution in [0.25, 0.3) is 0 Å². The fourth-order valence-electron chi connectivity index (χ4n) is 2.62. The maximum absolute atomic E-state index is 11.9. The van der Waals surface area contributed by atoms with Gasteiger partial charge in [0.1, 0.15) is 0 Å². The Bertz CT molecular complexity index is 805. The molecule has 11 heteroatoms. The van der Waals surface area contributed by atoms with Gasteiger partial charge in [-0.05, 0) is 30.5 Å². The minimum absolute atomic E-state index is 0.0518. The molecule has 30 heavy (non-hydrogen) atoms. The molecule has 0 spiro atoms. The first-order valence-electron chi connectivity index (χ1n) is 9.79. The predicted octanol–water partition coefficient (Wildman–Crippen LogP) is -0.347. The number of guanidine groups is 1. The largest absolute Gasteiger partial charge is 0.379 e. The number of amides is 1. The summed E-state index contributed by atoms with van der Waals surface area (Å²) in [5, 5.41) is 11.3. The number of sulfonamides is 1. The van der Waals surface area contributed by atoms with Gasteiger partial charge in [-0.15, -0.1) is 0 Å². The van der Waals surface area contributed by atoms with Crippen LogP contribution in [0, 0.1) is 0 Å². The number of ether oxygens (including phenoxy) is 2. The highest BCUT2D eigenvalue weighted by atomic mass is 32.2. The minimum Gasteiger partial charge on any atom is -0.379 e. The van der Waals surface area contributed by atoms with Crippen molar-refractivity contribution in [2.75, 3.05) is 47.0 Å². The molecule has 1 aromatic carbocycles. The second kappa shape index (κ2) is 11.8. The Kier molecular flexibility index (Phi) is 9.50. The monoisotopic (exact) mass is 441 g/mol. The van der Waals surface area contributed by atoms with Crippen molar-refractivity contribution >= 4 is 21.9 Å². The van der Waals surface area contributed by atoms with E-state index < -0.39 is 10.0 Å². The SMILES string of the molecule is CN(C)C(=O)CNC(=NCc1ccc(S(N)(=O)=O)cc1)NCCCOC1CCOC1. The average Bonchev–Trinajstić information content (AvgIpc) is 3.22. The number of hydrogen-bond acceptors (Lipinski definition) is 6. The zero-order valence-corrected chi connectivity index (χ0v) is 18.3. The van der Waals surface area contributed by atoms with Crippen LogP contribution >= 0.6 is 0 Å². The van der Waals surface area contributed by atoms with Gasteiger partial charge in [-0.2, -0.15) is 0 Å². The number of nitrogens with two attached hydrogens (primary N) is 1. The van der Waals surface area contributed by atoms with Crippen molar-refractivity contribution in [1.29, 1.82) is 0 Å². The van der Waals surface area contributed by atoms with Gasteiger partial charge in [0.05, 0.1) is 30.7 Å². The number of hydrogen-bond donors (Lipinski definition) is 3. The number of rotatable bonds is 10. The molecular formula is C19H31N5O5S. The van der Waals surface area contributed by atoms with Gasteiger partial charge in [0, 0.05) is 33.9 Å². The number of carbonyl (C=O) groups is 1.